The molecule has 0 saturated carbocycles. The van der Waals surface area contributed by atoms with Gasteiger partial charge >= 0.3 is 5.97 Å². The van der Waals surface area contributed by atoms with E-state index in [9.17, 15) is 19.8 Å². The van der Waals surface area contributed by atoms with Crippen molar-refractivity contribution in [3.8, 4) is 0 Å². The zero-order valence-electron chi connectivity index (χ0n) is 55.9. The lowest BCUT2D eigenvalue weighted by Crippen LogP contribution is -2.45. The number of unbranched alkanes of at least 4 members (excludes halogenated alkanes) is 53. The summed E-state index contributed by atoms with van der Waals surface area (Å²) < 4.78 is 5.48. The molecule has 0 saturated heterocycles. The van der Waals surface area contributed by atoms with E-state index in [1.807, 2.05) is 6.08 Å². The van der Waals surface area contributed by atoms with Gasteiger partial charge in [0.05, 0.1) is 25.4 Å². The van der Waals surface area contributed by atoms with Gasteiger partial charge < -0.3 is 20.3 Å². The summed E-state index contributed by atoms with van der Waals surface area (Å²) in [5.74, 6) is -0.0615. The summed E-state index contributed by atoms with van der Waals surface area (Å²) in [4.78, 5) is 24.6. The molecule has 0 aromatic rings. The van der Waals surface area contributed by atoms with E-state index in [0.717, 1.165) is 51.4 Å². The van der Waals surface area contributed by atoms with Crippen LogP contribution in [0, 0.1) is 0 Å². The molecule has 3 N–H and O–H groups in total. The van der Waals surface area contributed by atoms with Gasteiger partial charge in [-0.15, -0.1) is 0 Å². The minimum absolute atomic E-state index is 0.00177. The van der Waals surface area contributed by atoms with E-state index in [0.29, 0.717) is 19.4 Å². The van der Waals surface area contributed by atoms with Gasteiger partial charge in [0.1, 0.15) is 0 Å². The van der Waals surface area contributed by atoms with E-state index in [1.54, 1.807) is 6.08 Å². The lowest BCUT2D eigenvalue weighted by molar-refractivity contribution is -0.143. The van der Waals surface area contributed by atoms with E-state index in [1.165, 1.54) is 327 Å². The fraction of sp³-hybridized carbons (Fsp3) is 0.870. The molecule has 0 aliphatic heterocycles. The highest BCUT2D eigenvalue weighted by Gasteiger charge is 2.18. The van der Waals surface area contributed by atoms with Crippen LogP contribution < -0.4 is 5.32 Å². The van der Waals surface area contributed by atoms with Crippen molar-refractivity contribution in [1.29, 1.82) is 0 Å². The van der Waals surface area contributed by atoms with E-state index in [-0.39, 0.29) is 18.5 Å². The first-order chi connectivity index (χ1) is 41.0. The SMILES string of the molecule is CCCC/C=C\C/C=C\CCCCCCCC(=O)OCCCCCCCCCCCCCC/C=C\CCCCCCCCCCCCCCCC(=O)NC(CO)C(O)/C=C/CCCCCCCCCCCCCCCCCCCCCCC. The highest BCUT2D eigenvalue weighted by molar-refractivity contribution is 5.76. The molecule has 0 aromatic carbocycles. The van der Waals surface area contributed by atoms with Gasteiger partial charge in [-0.3, -0.25) is 9.59 Å². The van der Waals surface area contributed by atoms with E-state index < -0.39 is 12.1 Å². The van der Waals surface area contributed by atoms with Crippen LogP contribution in [0.5, 0.6) is 0 Å². The molecule has 0 rings (SSSR count). The van der Waals surface area contributed by atoms with Crippen molar-refractivity contribution in [3.05, 3.63) is 48.6 Å². The summed E-state index contributed by atoms with van der Waals surface area (Å²) >= 11 is 0. The zero-order chi connectivity index (χ0) is 59.9. The molecule has 2 atom stereocenters. The Morgan fingerprint density at radius 1 is 0.337 bits per heavy atom. The second kappa shape index (κ2) is 72.3. The largest absolute Gasteiger partial charge is 0.466 e. The molecule has 6 nitrogen and oxygen atoms in total. The lowest BCUT2D eigenvalue weighted by Gasteiger charge is -2.20. The van der Waals surface area contributed by atoms with Crippen molar-refractivity contribution >= 4 is 11.9 Å². The monoisotopic (exact) mass is 1160 g/mol. The molecule has 488 valence electrons. The number of hydrogen-bond donors (Lipinski definition) is 3. The van der Waals surface area contributed by atoms with Crippen molar-refractivity contribution in [2.45, 2.75) is 418 Å². The number of ether oxygens (including phenoxy) is 1. The average molecular weight is 1170 g/mol. The molecule has 0 aliphatic carbocycles. The van der Waals surface area contributed by atoms with Crippen LogP contribution in [0.4, 0.5) is 0 Å². The van der Waals surface area contributed by atoms with Crippen LogP contribution in [0.1, 0.15) is 406 Å². The minimum atomic E-state index is -0.846. The van der Waals surface area contributed by atoms with Crippen LogP contribution in [0.3, 0.4) is 0 Å². The number of aliphatic hydroxyl groups is 2. The van der Waals surface area contributed by atoms with Gasteiger partial charge in [0, 0.05) is 12.8 Å². The van der Waals surface area contributed by atoms with Crippen molar-refractivity contribution < 1.29 is 24.5 Å². The number of esters is 1. The maximum Gasteiger partial charge on any atom is 0.305 e. The van der Waals surface area contributed by atoms with Gasteiger partial charge in [-0.2, -0.15) is 0 Å². The second-order valence-electron chi connectivity index (χ2n) is 25.6. The number of aliphatic hydroxyl groups excluding tert-OH is 2. The Bertz CT molecular complexity index is 1390. The third-order valence-corrected chi connectivity index (χ3v) is 17.3. The first-order valence-corrected chi connectivity index (χ1v) is 37.4. The van der Waals surface area contributed by atoms with Gasteiger partial charge in [0.15, 0.2) is 0 Å². The molecular weight excluding hydrogens is 1020 g/mol. The molecule has 1 amide bonds. The standard InChI is InChI=1S/C77H145NO5/c1-3-5-7-9-11-13-15-17-19-20-21-22-30-33-36-39-42-45-49-53-57-61-65-69-75(80)74(73-79)78-76(81)70-66-62-58-54-50-46-43-40-37-34-31-28-26-24-23-25-27-29-32-35-38-41-44-48-52-56-60-64-68-72-83-77(82)71-67-63-59-55-51-47-18-16-14-12-10-8-6-4-2/h10,12,16,18,23,25,65,69,74-75,79-80H,3-9,11,13-15,17,19-22,24,26-64,66-68,70-73H2,1-2H3,(H,78,81)/b12-10-,18-16-,25-23-,69-65+. The summed E-state index contributed by atoms with van der Waals surface area (Å²) in [5, 5.41) is 23.3. The lowest BCUT2D eigenvalue weighted by atomic mass is 10.0. The average Bonchev–Trinajstić information content (AvgIpc) is 3.49. The first kappa shape index (κ1) is 80.8. The predicted octanol–water partition coefficient (Wildman–Crippen LogP) is 24.4. The Morgan fingerprint density at radius 2 is 0.614 bits per heavy atom. The van der Waals surface area contributed by atoms with Gasteiger partial charge in [-0.05, 0) is 83.5 Å². The highest BCUT2D eigenvalue weighted by Crippen LogP contribution is 2.19. The number of rotatable bonds is 70. The quantitative estimate of drug-likeness (QED) is 0.0320. The van der Waals surface area contributed by atoms with Crippen molar-refractivity contribution in [1.82, 2.24) is 5.32 Å². The Kier molecular flexibility index (Phi) is 70.4. The van der Waals surface area contributed by atoms with E-state index in [4.69, 9.17) is 4.74 Å². The number of allylic oxidation sites excluding steroid dienone is 7. The summed E-state index contributed by atoms with van der Waals surface area (Å²) in [5.41, 5.74) is 0. The molecule has 83 heavy (non-hydrogen) atoms. The molecule has 0 bridgehead atoms. The van der Waals surface area contributed by atoms with Crippen molar-refractivity contribution in [2.75, 3.05) is 13.2 Å². The Balaban J connectivity index is 3.41. The molecule has 0 fully saturated rings. The van der Waals surface area contributed by atoms with E-state index >= 15 is 0 Å². The van der Waals surface area contributed by atoms with Crippen molar-refractivity contribution in [2.24, 2.45) is 0 Å². The molecule has 0 heterocycles. The fourth-order valence-electron chi connectivity index (χ4n) is 11.6. The second-order valence-corrected chi connectivity index (χ2v) is 25.6. The Morgan fingerprint density at radius 3 is 0.964 bits per heavy atom. The Hall–Kier alpha value is -2.18. The third-order valence-electron chi connectivity index (χ3n) is 17.3. The zero-order valence-corrected chi connectivity index (χ0v) is 55.9. The third kappa shape index (κ3) is 68.8. The summed E-state index contributed by atoms with van der Waals surface area (Å²) in [7, 11) is 0. The first-order valence-electron chi connectivity index (χ1n) is 37.4. The molecule has 0 aromatic heterocycles. The number of carbonyl (C=O) groups is 2. The van der Waals surface area contributed by atoms with Gasteiger partial charge in [0.2, 0.25) is 5.91 Å². The molecular formula is C77H145NO5. The molecule has 6 heteroatoms. The van der Waals surface area contributed by atoms with Crippen LogP contribution in [0.15, 0.2) is 48.6 Å². The number of hydrogen-bond acceptors (Lipinski definition) is 5. The van der Waals surface area contributed by atoms with Gasteiger partial charge in [0.25, 0.3) is 0 Å². The molecule has 0 aliphatic rings. The molecule has 0 spiro atoms. The Labute approximate surface area is 518 Å². The van der Waals surface area contributed by atoms with Gasteiger partial charge in [-0.1, -0.05) is 358 Å². The van der Waals surface area contributed by atoms with Gasteiger partial charge in [-0.25, -0.2) is 0 Å². The number of nitrogens with one attached hydrogen (secondary N) is 1. The van der Waals surface area contributed by atoms with Crippen LogP contribution in [-0.4, -0.2) is 47.4 Å². The topological polar surface area (TPSA) is 95.9 Å². The van der Waals surface area contributed by atoms with Crippen LogP contribution in [-0.2, 0) is 14.3 Å². The van der Waals surface area contributed by atoms with E-state index in [2.05, 4.69) is 55.6 Å². The normalized spacial score (nSPS) is 12.8. The van der Waals surface area contributed by atoms with Crippen LogP contribution >= 0.6 is 0 Å². The molecule has 2 unspecified atom stereocenters. The van der Waals surface area contributed by atoms with Crippen LogP contribution in [0.25, 0.3) is 0 Å². The maximum atomic E-state index is 12.5. The highest BCUT2D eigenvalue weighted by atomic mass is 16.5. The maximum absolute atomic E-state index is 12.5. The number of carbonyl (C=O) groups excluding carboxylic acids is 2. The summed E-state index contributed by atoms with van der Waals surface area (Å²) in [6.45, 7) is 4.89. The van der Waals surface area contributed by atoms with Crippen molar-refractivity contribution in [3.63, 3.8) is 0 Å². The smallest absolute Gasteiger partial charge is 0.305 e. The number of amides is 1. The fourth-order valence-corrected chi connectivity index (χ4v) is 11.6. The van der Waals surface area contributed by atoms with Crippen LogP contribution in [0.2, 0.25) is 0 Å². The summed E-state index contributed by atoms with van der Waals surface area (Å²) in [6, 6.07) is -0.629. The summed E-state index contributed by atoms with van der Waals surface area (Å²) in [6.07, 6.45) is 94.9. The molecule has 0 radical (unpaired) electrons. The predicted molar refractivity (Wildman–Crippen MR) is 366 cm³/mol. The minimum Gasteiger partial charge on any atom is -0.466 e.